The fourth-order valence-electron chi connectivity index (χ4n) is 3.23. The second kappa shape index (κ2) is 8.31. The van der Waals surface area contributed by atoms with Gasteiger partial charge in [-0.05, 0) is 47.1 Å². The number of halogens is 2. The lowest BCUT2D eigenvalue weighted by atomic mass is 10.1. The zero-order chi connectivity index (χ0) is 22.1. The lowest BCUT2D eigenvalue weighted by Crippen LogP contribution is -2.34. The Labute approximate surface area is 183 Å². The van der Waals surface area contributed by atoms with Crippen molar-refractivity contribution in [1.82, 2.24) is 19.3 Å². The van der Waals surface area contributed by atoms with Crippen LogP contribution >= 0.6 is 15.9 Å². The first kappa shape index (κ1) is 20.7. The molecule has 8 nitrogen and oxygen atoms in total. The maximum absolute atomic E-state index is 13.9. The topological polar surface area (TPSA) is 102 Å². The van der Waals surface area contributed by atoms with Crippen LogP contribution in [0.1, 0.15) is 22.8 Å². The quantitative estimate of drug-likeness (QED) is 0.453. The molecule has 2 heterocycles. The van der Waals surface area contributed by atoms with Gasteiger partial charge in [0.15, 0.2) is 5.82 Å². The average molecular weight is 486 g/mol. The molecule has 2 N–H and O–H groups in total. The number of benzene rings is 2. The fraction of sp³-hybridized carbons (Fsp3) is 0.143. The van der Waals surface area contributed by atoms with Crippen LogP contribution in [0.3, 0.4) is 0 Å². The van der Waals surface area contributed by atoms with Crippen molar-refractivity contribution >= 4 is 38.6 Å². The third-order valence-electron chi connectivity index (χ3n) is 4.80. The Morgan fingerprint density at radius 2 is 2.00 bits per heavy atom. The number of H-pyrrole nitrogens is 1. The van der Waals surface area contributed by atoms with E-state index in [0.29, 0.717) is 15.4 Å². The van der Waals surface area contributed by atoms with E-state index in [2.05, 4.69) is 31.3 Å². The first-order valence-corrected chi connectivity index (χ1v) is 10.2. The molecule has 0 spiro atoms. The van der Waals surface area contributed by atoms with E-state index >= 15 is 0 Å². The molecule has 0 aliphatic rings. The van der Waals surface area contributed by atoms with Crippen molar-refractivity contribution in [3.05, 3.63) is 90.9 Å². The summed E-state index contributed by atoms with van der Waals surface area (Å²) in [5, 5.41) is 7.28. The highest BCUT2D eigenvalue weighted by atomic mass is 79.9. The molecule has 0 unspecified atom stereocenters. The number of nitrogens with zero attached hydrogens (tertiary/aromatic N) is 3. The van der Waals surface area contributed by atoms with Crippen LogP contribution < -0.4 is 16.6 Å². The summed E-state index contributed by atoms with van der Waals surface area (Å²) in [5.74, 6) is -0.553. The van der Waals surface area contributed by atoms with Gasteiger partial charge < -0.3 is 10.3 Å². The lowest BCUT2D eigenvalue weighted by Gasteiger charge is -2.06. The van der Waals surface area contributed by atoms with Crippen molar-refractivity contribution in [3.8, 4) is 0 Å². The Hall–Kier alpha value is -3.53. The first-order valence-electron chi connectivity index (χ1n) is 9.42. The van der Waals surface area contributed by atoms with E-state index in [4.69, 9.17) is 0 Å². The molecule has 4 aromatic rings. The third kappa shape index (κ3) is 4.06. The molecule has 0 saturated heterocycles. The molecule has 4 rings (SSSR count). The second-order valence-electron chi connectivity index (χ2n) is 6.81. The van der Waals surface area contributed by atoms with Crippen molar-refractivity contribution in [1.29, 1.82) is 0 Å². The molecule has 0 atom stereocenters. The zero-order valence-electron chi connectivity index (χ0n) is 16.4. The van der Waals surface area contributed by atoms with Gasteiger partial charge in [0, 0.05) is 23.9 Å². The van der Waals surface area contributed by atoms with Crippen LogP contribution in [0.4, 0.5) is 10.2 Å². The smallest absolute Gasteiger partial charge is 0.307 e. The van der Waals surface area contributed by atoms with Crippen molar-refractivity contribution in [2.45, 2.75) is 20.0 Å². The Bertz CT molecular complexity index is 1420. The SMILES string of the molecule is CCn1c(=O)[nH]c2cc(C(=O)Nc3nn(Cc4ccccc4F)cc3Br)ccc2c1=O. The Morgan fingerprint density at radius 1 is 1.23 bits per heavy atom. The highest BCUT2D eigenvalue weighted by Crippen LogP contribution is 2.22. The van der Waals surface area contributed by atoms with Gasteiger partial charge in [-0.3, -0.25) is 18.8 Å². The molecule has 0 aliphatic carbocycles. The molecule has 0 aliphatic heterocycles. The lowest BCUT2D eigenvalue weighted by molar-refractivity contribution is 0.102. The molecule has 1 amide bonds. The van der Waals surface area contributed by atoms with Gasteiger partial charge in [0.25, 0.3) is 11.5 Å². The van der Waals surface area contributed by atoms with Gasteiger partial charge in [0.1, 0.15) is 5.82 Å². The minimum absolute atomic E-state index is 0.196. The molecule has 2 aromatic heterocycles. The van der Waals surface area contributed by atoms with Gasteiger partial charge in [-0.15, -0.1) is 0 Å². The zero-order valence-corrected chi connectivity index (χ0v) is 17.9. The van der Waals surface area contributed by atoms with Gasteiger partial charge in [0.2, 0.25) is 0 Å². The number of anilines is 1. The third-order valence-corrected chi connectivity index (χ3v) is 5.38. The number of hydrogen-bond acceptors (Lipinski definition) is 4. The van der Waals surface area contributed by atoms with Gasteiger partial charge in [-0.2, -0.15) is 5.10 Å². The standard InChI is InChI=1S/C21H17BrFN5O3/c1-2-28-20(30)14-8-7-12(9-17(14)24-21(28)31)19(29)25-18-15(22)11-27(26-18)10-13-5-3-4-6-16(13)23/h3-9,11H,2,10H2,1H3,(H,24,31)(H,25,26,29). The van der Waals surface area contributed by atoms with Crippen LogP contribution in [0.2, 0.25) is 0 Å². The van der Waals surface area contributed by atoms with Gasteiger partial charge in [0.05, 0.1) is 21.9 Å². The molecule has 0 fully saturated rings. The summed E-state index contributed by atoms with van der Waals surface area (Å²) in [6.45, 7) is 2.14. The highest BCUT2D eigenvalue weighted by molar-refractivity contribution is 9.10. The van der Waals surface area contributed by atoms with Crippen molar-refractivity contribution in [2.75, 3.05) is 5.32 Å². The van der Waals surface area contributed by atoms with E-state index in [1.165, 1.54) is 28.9 Å². The van der Waals surface area contributed by atoms with Crippen LogP contribution in [-0.2, 0) is 13.1 Å². The normalized spacial score (nSPS) is 11.1. The molecule has 0 bridgehead atoms. The van der Waals surface area contributed by atoms with Gasteiger partial charge in [-0.1, -0.05) is 18.2 Å². The molecule has 0 radical (unpaired) electrons. The van der Waals surface area contributed by atoms with E-state index in [-0.39, 0.29) is 35.8 Å². The highest BCUT2D eigenvalue weighted by Gasteiger charge is 2.15. The number of aromatic amines is 1. The number of rotatable bonds is 5. The molecule has 158 valence electrons. The number of amides is 1. The summed E-state index contributed by atoms with van der Waals surface area (Å²) >= 11 is 3.34. The molecule has 2 aromatic carbocycles. The maximum atomic E-state index is 13.9. The number of aromatic nitrogens is 4. The van der Waals surface area contributed by atoms with Crippen molar-refractivity contribution in [3.63, 3.8) is 0 Å². The molecular weight excluding hydrogens is 469 g/mol. The number of hydrogen-bond donors (Lipinski definition) is 2. The average Bonchev–Trinajstić information content (AvgIpc) is 3.08. The number of nitrogens with one attached hydrogen (secondary N) is 2. The Kier molecular flexibility index (Phi) is 5.55. The molecule has 31 heavy (non-hydrogen) atoms. The van der Waals surface area contributed by atoms with E-state index < -0.39 is 17.2 Å². The second-order valence-corrected chi connectivity index (χ2v) is 7.66. The predicted octanol–water partition coefficient (Wildman–Crippen LogP) is 3.11. The maximum Gasteiger partial charge on any atom is 0.328 e. The Balaban J connectivity index is 1.59. The van der Waals surface area contributed by atoms with Crippen LogP contribution in [0.5, 0.6) is 0 Å². The van der Waals surface area contributed by atoms with Gasteiger partial charge >= 0.3 is 5.69 Å². The van der Waals surface area contributed by atoms with Crippen LogP contribution in [-0.4, -0.2) is 25.2 Å². The van der Waals surface area contributed by atoms with Crippen LogP contribution in [0.15, 0.2) is 62.7 Å². The summed E-state index contributed by atoms with van der Waals surface area (Å²) in [5.41, 5.74) is 0.0328. The summed E-state index contributed by atoms with van der Waals surface area (Å²) in [6.07, 6.45) is 1.63. The van der Waals surface area contributed by atoms with E-state index in [1.54, 1.807) is 31.3 Å². The predicted molar refractivity (Wildman–Crippen MR) is 118 cm³/mol. The molecular formula is C21H17BrFN5O3. The molecule has 0 saturated carbocycles. The van der Waals surface area contributed by atoms with Crippen molar-refractivity contribution < 1.29 is 9.18 Å². The number of carbonyl (C=O) groups is 1. The van der Waals surface area contributed by atoms with E-state index in [0.717, 1.165) is 4.57 Å². The van der Waals surface area contributed by atoms with E-state index in [9.17, 15) is 18.8 Å². The molecule has 10 heteroatoms. The minimum atomic E-state index is -0.535. The monoisotopic (exact) mass is 485 g/mol. The van der Waals surface area contributed by atoms with Crippen LogP contribution in [0, 0.1) is 5.82 Å². The number of fused-ring (bicyclic) bond motifs is 1. The largest absolute Gasteiger partial charge is 0.328 e. The summed E-state index contributed by atoms with van der Waals surface area (Å²) in [7, 11) is 0. The Morgan fingerprint density at radius 3 is 2.74 bits per heavy atom. The summed E-state index contributed by atoms with van der Waals surface area (Å²) in [4.78, 5) is 39.7. The fourth-order valence-corrected chi connectivity index (χ4v) is 3.64. The van der Waals surface area contributed by atoms with E-state index in [1.807, 2.05) is 0 Å². The summed E-state index contributed by atoms with van der Waals surface area (Å²) in [6, 6.07) is 10.8. The van der Waals surface area contributed by atoms with Crippen molar-refractivity contribution in [2.24, 2.45) is 0 Å². The number of carbonyl (C=O) groups excluding carboxylic acids is 1. The minimum Gasteiger partial charge on any atom is -0.307 e. The first-order chi connectivity index (χ1) is 14.9. The van der Waals surface area contributed by atoms with Crippen LogP contribution in [0.25, 0.3) is 10.9 Å². The summed E-state index contributed by atoms with van der Waals surface area (Å²) < 4.78 is 17.0. The van der Waals surface area contributed by atoms with Gasteiger partial charge in [-0.25, -0.2) is 9.18 Å².